The second-order valence-corrected chi connectivity index (χ2v) is 10.1. The van der Waals surface area contributed by atoms with E-state index in [0.717, 1.165) is 0 Å². The van der Waals surface area contributed by atoms with E-state index in [-0.39, 0.29) is 13.2 Å². The monoisotopic (exact) mass is 476 g/mol. The van der Waals surface area contributed by atoms with Crippen molar-refractivity contribution in [1.82, 2.24) is 9.55 Å². The van der Waals surface area contributed by atoms with Gasteiger partial charge in [-0.05, 0) is 19.4 Å². The van der Waals surface area contributed by atoms with Crippen molar-refractivity contribution in [1.29, 1.82) is 0 Å². The van der Waals surface area contributed by atoms with Crippen LogP contribution in [-0.4, -0.2) is 39.3 Å². The number of aromatic amines is 1. The molecule has 13 heteroatoms. The van der Waals surface area contributed by atoms with Crippen LogP contribution in [0.4, 0.5) is 0 Å². The Bertz CT molecular complexity index is 864. The predicted molar refractivity (Wildman–Crippen MR) is 105 cm³/mol. The highest BCUT2D eigenvalue weighted by atomic mass is 35.6. The van der Waals surface area contributed by atoms with E-state index in [1.165, 1.54) is 10.8 Å². The van der Waals surface area contributed by atoms with Crippen LogP contribution in [0.1, 0.15) is 25.1 Å². The van der Waals surface area contributed by atoms with Crippen LogP contribution < -0.4 is 11.2 Å². The molecule has 0 spiro atoms. The van der Waals surface area contributed by atoms with Gasteiger partial charge in [0.25, 0.3) is 5.56 Å². The molecule has 0 amide bonds. The molecule has 0 aliphatic carbocycles. The number of aryl methyl sites for hydroxylation is 1. The van der Waals surface area contributed by atoms with Crippen molar-refractivity contribution < 1.29 is 22.9 Å². The highest BCUT2D eigenvalue weighted by Gasteiger charge is 2.33. The summed E-state index contributed by atoms with van der Waals surface area (Å²) in [6, 6.07) is 0. The van der Waals surface area contributed by atoms with Crippen LogP contribution in [0.5, 0.6) is 0 Å². The molecule has 158 valence electrons. The molecule has 0 aromatic carbocycles. The molecule has 0 radical (unpaired) electrons. The zero-order valence-corrected chi connectivity index (χ0v) is 18.3. The number of alkyl halides is 3. The summed E-state index contributed by atoms with van der Waals surface area (Å²) in [5, 5.41) is 0. The second kappa shape index (κ2) is 9.91. The number of H-pyrrole nitrogens is 1. The Morgan fingerprint density at radius 2 is 1.96 bits per heavy atom. The van der Waals surface area contributed by atoms with Gasteiger partial charge in [0.1, 0.15) is 12.7 Å². The Morgan fingerprint density at radius 3 is 2.61 bits per heavy atom. The largest absolute Gasteiger partial charge is 0.475 e. The molecule has 1 unspecified atom stereocenters. The van der Waals surface area contributed by atoms with Crippen molar-refractivity contribution in [3.63, 3.8) is 0 Å². The number of rotatable bonds is 9. The van der Waals surface area contributed by atoms with Crippen molar-refractivity contribution >= 4 is 42.6 Å². The maximum atomic E-state index is 12.6. The zero-order chi connectivity index (χ0) is 20.9. The number of hydrogen-bond acceptors (Lipinski definition) is 7. The van der Waals surface area contributed by atoms with Gasteiger partial charge in [0.05, 0.1) is 13.2 Å². The average Bonchev–Trinajstić information content (AvgIpc) is 3.08. The summed E-state index contributed by atoms with van der Waals surface area (Å²) in [5.74, 6) is 0. The van der Waals surface area contributed by atoms with Gasteiger partial charge in [0.2, 0.25) is 3.79 Å². The second-order valence-electron chi connectivity index (χ2n) is 5.89. The van der Waals surface area contributed by atoms with E-state index in [2.05, 4.69) is 4.98 Å². The number of nitrogens with zero attached hydrogens (tertiary/aromatic N) is 1. The number of ether oxygens (including phenoxy) is 1. The van der Waals surface area contributed by atoms with Gasteiger partial charge in [-0.1, -0.05) is 47.8 Å². The van der Waals surface area contributed by atoms with Crippen LogP contribution in [0.25, 0.3) is 0 Å². The lowest BCUT2D eigenvalue weighted by atomic mass is 10.3. The third-order valence-electron chi connectivity index (χ3n) is 3.46. The van der Waals surface area contributed by atoms with E-state index in [9.17, 15) is 14.2 Å². The molecule has 1 aromatic heterocycles. The van der Waals surface area contributed by atoms with Crippen molar-refractivity contribution in [3.8, 4) is 0 Å². The Labute approximate surface area is 176 Å². The summed E-state index contributed by atoms with van der Waals surface area (Å²) in [6.45, 7) is 2.82. The van der Waals surface area contributed by atoms with Gasteiger partial charge in [-0.2, -0.15) is 0 Å². The summed E-state index contributed by atoms with van der Waals surface area (Å²) < 4.78 is 33.2. The number of aromatic nitrogens is 2. The zero-order valence-electron chi connectivity index (χ0n) is 15.1. The Kier molecular flexibility index (Phi) is 8.37. The van der Waals surface area contributed by atoms with Gasteiger partial charge in [-0.3, -0.25) is 27.9 Å². The lowest BCUT2D eigenvalue weighted by molar-refractivity contribution is -0.0148. The molecule has 28 heavy (non-hydrogen) atoms. The fraction of sp³-hybridized carbons (Fsp3) is 0.600. The van der Waals surface area contributed by atoms with Crippen LogP contribution in [0.2, 0.25) is 0 Å². The SMILES string of the molecule is CCCOP(=O)(OC[C@@H]1C=C[C@H](n2cc(C)c(=O)[nH]c2=O)O1)OCC(Cl)(Cl)Cl. The summed E-state index contributed by atoms with van der Waals surface area (Å²) in [4.78, 5) is 25.6. The van der Waals surface area contributed by atoms with Crippen molar-refractivity contribution in [2.75, 3.05) is 19.8 Å². The molecule has 1 aliphatic rings. The molecule has 2 rings (SSSR count). The first kappa shape index (κ1) is 23.6. The molecule has 1 aromatic rings. The van der Waals surface area contributed by atoms with Gasteiger partial charge < -0.3 is 4.74 Å². The maximum Gasteiger partial charge on any atom is 0.475 e. The molecule has 0 saturated heterocycles. The maximum absolute atomic E-state index is 12.6. The molecule has 0 saturated carbocycles. The van der Waals surface area contributed by atoms with E-state index in [0.29, 0.717) is 12.0 Å². The van der Waals surface area contributed by atoms with E-state index in [1.54, 1.807) is 19.1 Å². The van der Waals surface area contributed by atoms with Gasteiger partial charge in [0.15, 0.2) is 6.23 Å². The van der Waals surface area contributed by atoms with Crippen LogP contribution in [0.15, 0.2) is 27.9 Å². The third kappa shape index (κ3) is 7.00. The van der Waals surface area contributed by atoms with Gasteiger partial charge >= 0.3 is 13.5 Å². The summed E-state index contributed by atoms with van der Waals surface area (Å²) in [7, 11) is -3.98. The minimum atomic E-state index is -3.98. The molecule has 0 bridgehead atoms. The van der Waals surface area contributed by atoms with Crippen LogP contribution >= 0.6 is 42.6 Å². The molecule has 1 N–H and O–H groups in total. The minimum absolute atomic E-state index is 0.118. The Hall–Kier alpha value is -0.640. The molecule has 9 nitrogen and oxygen atoms in total. The van der Waals surface area contributed by atoms with E-state index < -0.39 is 41.8 Å². The lowest BCUT2D eigenvalue weighted by Crippen LogP contribution is -2.33. The standard InChI is InChI=1S/C15H20Cl3N2O7P/c1-3-6-24-28(23,26-9-15(16,17)18)25-8-11-4-5-12(27-11)20-7-10(2)13(21)19-14(20)22/h4-5,7,11-12H,3,6,8-9H2,1-2H3,(H,19,21,22)/t11-,12+,28?/m0/s1. The van der Waals surface area contributed by atoms with Crippen molar-refractivity contribution in [2.45, 2.75) is 36.4 Å². The molecular formula is C15H20Cl3N2O7P. The first-order chi connectivity index (χ1) is 13.0. The van der Waals surface area contributed by atoms with Gasteiger partial charge in [-0.25, -0.2) is 9.36 Å². The number of phosphoric ester groups is 1. The first-order valence-corrected chi connectivity index (χ1v) is 10.9. The van der Waals surface area contributed by atoms with E-state index >= 15 is 0 Å². The average molecular weight is 478 g/mol. The molecule has 2 heterocycles. The summed E-state index contributed by atoms with van der Waals surface area (Å²) in [6.07, 6.45) is 3.79. The van der Waals surface area contributed by atoms with Gasteiger partial charge in [0, 0.05) is 11.8 Å². The Balaban J connectivity index is 1.99. The van der Waals surface area contributed by atoms with E-state index in [1.807, 2.05) is 6.92 Å². The molecule has 0 fully saturated rings. The number of phosphoric acid groups is 1. The first-order valence-electron chi connectivity index (χ1n) is 8.29. The molecular weight excluding hydrogens is 458 g/mol. The highest BCUT2D eigenvalue weighted by molar-refractivity contribution is 7.48. The highest BCUT2D eigenvalue weighted by Crippen LogP contribution is 2.51. The third-order valence-corrected chi connectivity index (χ3v) is 5.20. The van der Waals surface area contributed by atoms with Crippen LogP contribution in [-0.2, 0) is 22.9 Å². The fourth-order valence-electron chi connectivity index (χ4n) is 2.15. The lowest BCUT2D eigenvalue weighted by Gasteiger charge is -2.22. The van der Waals surface area contributed by atoms with Crippen molar-refractivity contribution in [2.24, 2.45) is 0 Å². The predicted octanol–water partition coefficient (Wildman–Crippen LogP) is 3.24. The Morgan fingerprint density at radius 1 is 1.25 bits per heavy atom. The van der Waals surface area contributed by atoms with E-state index in [4.69, 9.17) is 53.1 Å². The summed E-state index contributed by atoms with van der Waals surface area (Å²) >= 11 is 16.8. The number of nitrogens with one attached hydrogen (secondary N) is 1. The quantitative estimate of drug-likeness (QED) is 0.330. The normalized spacial score (nSPS) is 21.8. The van der Waals surface area contributed by atoms with Crippen molar-refractivity contribution in [3.05, 3.63) is 44.8 Å². The number of halogens is 3. The topological polar surface area (TPSA) is 109 Å². The van der Waals surface area contributed by atoms with Crippen LogP contribution in [0, 0.1) is 6.92 Å². The fourth-order valence-corrected chi connectivity index (χ4v) is 3.85. The number of hydrogen-bond donors (Lipinski definition) is 1. The van der Waals surface area contributed by atoms with Gasteiger partial charge in [-0.15, -0.1) is 0 Å². The summed E-state index contributed by atoms with van der Waals surface area (Å²) in [5.41, 5.74) is -0.730. The minimum Gasteiger partial charge on any atom is -0.344 e. The molecule has 3 atom stereocenters. The van der Waals surface area contributed by atoms with Crippen LogP contribution in [0.3, 0.4) is 0 Å². The smallest absolute Gasteiger partial charge is 0.344 e. The molecule has 1 aliphatic heterocycles.